The molecule has 0 fully saturated rings. The fourth-order valence-electron chi connectivity index (χ4n) is 3.78. The molecular formula is C22H20N4S. The van der Waals surface area contributed by atoms with E-state index in [0.29, 0.717) is 0 Å². The normalized spacial score (nSPS) is 17.0. The zero-order valence-electron chi connectivity index (χ0n) is 14.9. The molecule has 4 nitrogen and oxygen atoms in total. The Morgan fingerprint density at radius 1 is 1.00 bits per heavy atom. The maximum absolute atomic E-state index is 4.63. The summed E-state index contributed by atoms with van der Waals surface area (Å²) in [7, 11) is 0. The van der Waals surface area contributed by atoms with E-state index >= 15 is 0 Å². The lowest BCUT2D eigenvalue weighted by Gasteiger charge is -2.34. The van der Waals surface area contributed by atoms with Crippen LogP contribution in [0.15, 0.2) is 73.2 Å². The van der Waals surface area contributed by atoms with Crippen molar-refractivity contribution < 1.29 is 0 Å². The first-order valence-electron chi connectivity index (χ1n) is 9.20. The van der Waals surface area contributed by atoms with E-state index in [1.54, 1.807) is 0 Å². The highest BCUT2D eigenvalue weighted by Gasteiger charge is 2.32. The van der Waals surface area contributed by atoms with E-state index in [2.05, 4.69) is 74.4 Å². The van der Waals surface area contributed by atoms with Crippen LogP contribution < -0.4 is 0 Å². The molecule has 1 aromatic carbocycles. The first kappa shape index (κ1) is 16.4. The van der Waals surface area contributed by atoms with E-state index < -0.39 is 0 Å². The van der Waals surface area contributed by atoms with Crippen molar-refractivity contribution in [3.05, 3.63) is 95.1 Å². The predicted octanol–water partition coefficient (Wildman–Crippen LogP) is 4.68. The van der Waals surface area contributed by atoms with E-state index in [9.17, 15) is 0 Å². The Hall–Kier alpha value is -2.76. The van der Waals surface area contributed by atoms with Gasteiger partial charge in [-0.2, -0.15) is 0 Å². The molecule has 0 unspecified atom stereocenters. The Bertz CT molecular complexity index is 1020. The monoisotopic (exact) mass is 372 g/mol. The van der Waals surface area contributed by atoms with Crippen molar-refractivity contribution >= 4 is 11.3 Å². The standard InChI is InChI=1S/C22H20N4S/c1-2-6-16(7-3-1)20-10-9-17(27-20)14-26-13-11-18-21(25-15-24-18)22(26)19-8-4-5-12-23-19/h1-10,12,15,22H,11,13-14H2,(H,24,25)/t22-/m0/s1. The summed E-state index contributed by atoms with van der Waals surface area (Å²) >= 11 is 1.87. The van der Waals surface area contributed by atoms with E-state index in [0.717, 1.165) is 30.9 Å². The molecule has 1 aliphatic heterocycles. The number of aromatic nitrogens is 3. The second-order valence-electron chi connectivity index (χ2n) is 6.78. The zero-order chi connectivity index (χ0) is 18.1. The minimum Gasteiger partial charge on any atom is -0.348 e. The molecule has 134 valence electrons. The molecule has 27 heavy (non-hydrogen) atoms. The molecule has 1 N–H and O–H groups in total. The van der Waals surface area contributed by atoms with Crippen LogP contribution in [0.25, 0.3) is 10.4 Å². The van der Waals surface area contributed by atoms with Crippen molar-refractivity contribution in [3.8, 4) is 10.4 Å². The third kappa shape index (κ3) is 3.20. The Morgan fingerprint density at radius 2 is 1.89 bits per heavy atom. The molecule has 5 heteroatoms. The van der Waals surface area contributed by atoms with E-state index in [1.165, 1.54) is 21.0 Å². The molecular weight excluding hydrogens is 352 g/mol. The summed E-state index contributed by atoms with van der Waals surface area (Å²) in [5, 5.41) is 0. The number of hydrogen-bond donors (Lipinski definition) is 1. The van der Waals surface area contributed by atoms with Gasteiger partial charge in [-0.15, -0.1) is 11.3 Å². The quantitative estimate of drug-likeness (QED) is 0.566. The third-order valence-electron chi connectivity index (χ3n) is 5.07. The van der Waals surface area contributed by atoms with Crippen molar-refractivity contribution in [1.29, 1.82) is 0 Å². The number of nitrogens with one attached hydrogen (secondary N) is 1. The van der Waals surface area contributed by atoms with Gasteiger partial charge in [-0.25, -0.2) is 4.98 Å². The van der Waals surface area contributed by atoms with Gasteiger partial charge in [0.2, 0.25) is 0 Å². The molecule has 0 spiro atoms. The van der Waals surface area contributed by atoms with Crippen molar-refractivity contribution in [2.24, 2.45) is 0 Å². The van der Waals surface area contributed by atoms with Crippen molar-refractivity contribution in [1.82, 2.24) is 19.9 Å². The molecule has 0 amide bonds. The SMILES string of the molecule is c1ccc(-c2ccc(CN3CCc4[nH]cnc4[C@@H]3c3ccccn3)s2)cc1. The molecule has 0 saturated heterocycles. The second-order valence-corrected chi connectivity index (χ2v) is 7.94. The lowest BCUT2D eigenvalue weighted by atomic mass is 9.99. The number of hydrogen-bond acceptors (Lipinski definition) is 4. The molecule has 1 atom stereocenters. The largest absolute Gasteiger partial charge is 0.348 e. The number of thiophene rings is 1. The maximum Gasteiger partial charge on any atom is 0.0971 e. The van der Waals surface area contributed by atoms with Crippen LogP contribution in [0.3, 0.4) is 0 Å². The van der Waals surface area contributed by atoms with Crippen LogP contribution in [-0.4, -0.2) is 26.4 Å². The van der Waals surface area contributed by atoms with Crippen LogP contribution in [0.1, 0.15) is 28.0 Å². The minimum atomic E-state index is 0.100. The first-order valence-corrected chi connectivity index (χ1v) is 10.0. The second kappa shape index (κ2) is 7.10. The number of pyridine rings is 1. The summed E-state index contributed by atoms with van der Waals surface area (Å²) in [4.78, 5) is 17.7. The highest BCUT2D eigenvalue weighted by molar-refractivity contribution is 7.15. The fourth-order valence-corrected chi connectivity index (χ4v) is 4.82. The topological polar surface area (TPSA) is 44.8 Å². The molecule has 0 aliphatic carbocycles. The lowest BCUT2D eigenvalue weighted by molar-refractivity contribution is 0.199. The van der Waals surface area contributed by atoms with Crippen LogP contribution in [0.4, 0.5) is 0 Å². The predicted molar refractivity (Wildman–Crippen MR) is 109 cm³/mol. The van der Waals surface area contributed by atoms with Gasteiger partial charge in [-0.3, -0.25) is 9.88 Å². The van der Waals surface area contributed by atoms with Crippen LogP contribution in [0.2, 0.25) is 0 Å². The van der Waals surface area contributed by atoms with Crippen molar-refractivity contribution in [2.45, 2.75) is 19.0 Å². The van der Waals surface area contributed by atoms with Crippen LogP contribution in [0.5, 0.6) is 0 Å². The van der Waals surface area contributed by atoms with Crippen molar-refractivity contribution in [2.75, 3.05) is 6.54 Å². The summed E-state index contributed by atoms with van der Waals surface area (Å²) < 4.78 is 0. The van der Waals surface area contributed by atoms with E-state index in [1.807, 2.05) is 29.9 Å². The molecule has 4 heterocycles. The van der Waals surface area contributed by atoms with Gasteiger partial charge in [0.15, 0.2) is 0 Å². The highest BCUT2D eigenvalue weighted by atomic mass is 32.1. The van der Waals surface area contributed by atoms with Crippen LogP contribution in [-0.2, 0) is 13.0 Å². The number of aromatic amines is 1. The summed E-state index contributed by atoms with van der Waals surface area (Å²) in [6.45, 7) is 1.90. The lowest BCUT2D eigenvalue weighted by Crippen LogP contribution is -2.36. The Kier molecular flexibility index (Phi) is 4.32. The number of rotatable bonds is 4. The van der Waals surface area contributed by atoms with Crippen LogP contribution >= 0.6 is 11.3 Å². The summed E-state index contributed by atoms with van der Waals surface area (Å²) in [5.41, 5.74) is 4.69. The number of H-pyrrole nitrogens is 1. The number of benzene rings is 1. The highest BCUT2D eigenvalue weighted by Crippen LogP contribution is 2.35. The first-order chi connectivity index (χ1) is 13.4. The molecule has 1 aliphatic rings. The Balaban J connectivity index is 1.45. The Labute approximate surface area is 162 Å². The van der Waals surface area contributed by atoms with Gasteiger partial charge >= 0.3 is 0 Å². The van der Waals surface area contributed by atoms with Gasteiger partial charge < -0.3 is 4.98 Å². The van der Waals surface area contributed by atoms with Crippen LogP contribution in [0, 0.1) is 0 Å². The van der Waals surface area contributed by atoms with Gasteiger partial charge in [0.25, 0.3) is 0 Å². The average Bonchev–Trinajstić information content (AvgIpc) is 3.39. The van der Waals surface area contributed by atoms with Gasteiger partial charge in [-0.1, -0.05) is 36.4 Å². The molecule has 4 aromatic rings. The summed E-state index contributed by atoms with van der Waals surface area (Å²) in [6.07, 6.45) is 4.67. The number of imidazole rings is 1. The van der Waals surface area contributed by atoms with Crippen molar-refractivity contribution in [3.63, 3.8) is 0 Å². The smallest absolute Gasteiger partial charge is 0.0971 e. The summed E-state index contributed by atoms with van der Waals surface area (Å²) in [6, 6.07) is 21.3. The number of fused-ring (bicyclic) bond motifs is 1. The average molecular weight is 372 g/mol. The Morgan fingerprint density at radius 3 is 2.74 bits per heavy atom. The van der Waals surface area contributed by atoms with Gasteiger partial charge in [0.05, 0.1) is 23.8 Å². The van der Waals surface area contributed by atoms with E-state index in [-0.39, 0.29) is 6.04 Å². The van der Waals surface area contributed by atoms with Gasteiger partial charge in [0.1, 0.15) is 0 Å². The molecule has 0 radical (unpaired) electrons. The zero-order valence-corrected chi connectivity index (χ0v) is 15.7. The fraction of sp³-hybridized carbons (Fsp3) is 0.182. The van der Waals surface area contributed by atoms with E-state index in [4.69, 9.17) is 0 Å². The number of nitrogens with zero attached hydrogens (tertiary/aromatic N) is 3. The summed E-state index contributed by atoms with van der Waals surface area (Å²) in [5.74, 6) is 0. The third-order valence-corrected chi connectivity index (χ3v) is 6.19. The van der Waals surface area contributed by atoms with Gasteiger partial charge in [0, 0.05) is 41.2 Å². The molecule has 0 saturated carbocycles. The van der Waals surface area contributed by atoms with Gasteiger partial charge in [-0.05, 0) is 29.8 Å². The minimum absolute atomic E-state index is 0.100. The maximum atomic E-state index is 4.63. The molecule has 5 rings (SSSR count). The molecule has 3 aromatic heterocycles. The molecule has 0 bridgehead atoms.